The Balaban J connectivity index is 1.80. The van der Waals surface area contributed by atoms with Crippen LogP contribution in [0, 0.1) is 0 Å². The number of carbonyl (C=O) groups excluding carboxylic acids is 2. The fourth-order valence-electron chi connectivity index (χ4n) is 2.46. The topological polar surface area (TPSA) is 124 Å². The second kappa shape index (κ2) is 6.40. The highest BCUT2D eigenvalue weighted by Gasteiger charge is 2.53. The second-order valence-electron chi connectivity index (χ2n) is 5.11. The van der Waals surface area contributed by atoms with Crippen LogP contribution < -0.4 is 10.7 Å². The Bertz CT molecular complexity index is 742. The van der Waals surface area contributed by atoms with Crippen LogP contribution in [0.3, 0.4) is 0 Å². The fraction of sp³-hybridized carbons (Fsp3) is 0.286. The second-order valence-corrected chi connectivity index (χ2v) is 6.22. The number of carbonyl (C=O) groups is 3. The summed E-state index contributed by atoms with van der Waals surface area (Å²) in [5.41, 5.74) is 2.46. The van der Waals surface area contributed by atoms with E-state index in [1.165, 1.54) is 36.1 Å². The highest BCUT2D eigenvalue weighted by atomic mass is 32.2. The van der Waals surface area contributed by atoms with Gasteiger partial charge in [-0.25, -0.2) is 10.2 Å². The average molecular weight is 350 g/mol. The number of furan rings is 1. The van der Waals surface area contributed by atoms with E-state index in [-0.39, 0.29) is 22.9 Å². The zero-order chi connectivity index (χ0) is 17.3. The summed E-state index contributed by atoms with van der Waals surface area (Å²) >= 11 is 1.41. The third kappa shape index (κ3) is 2.87. The largest absolute Gasteiger partial charge is 0.477 e. The first-order valence-electron chi connectivity index (χ1n) is 7.00. The number of nitrogens with zero attached hydrogens (tertiary/aromatic N) is 2. The number of aliphatic carboxylic acids is 1. The molecule has 3 N–H and O–H groups in total. The molecule has 24 heavy (non-hydrogen) atoms. The molecule has 2 atom stereocenters. The molecule has 3 heterocycles. The van der Waals surface area contributed by atoms with Crippen LogP contribution >= 0.6 is 11.8 Å². The van der Waals surface area contributed by atoms with Gasteiger partial charge in [0.05, 0.1) is 12.5 Å². The van der Waals surface area contributed by atoms with Gasteiger partial charge in [-0.15, -0.1) is 11.8 Å². The number of carboxylic acids is 1. The molecular formula is C14H14N4O5S. The van der Waals surface area contributed by atoms with Crippen molar-refractivity contribution >= 4 is 41.6 Å². The van der Waals surface area contributed by atoms with Crippen molar-refractivity contribution in [1.82, 2.24) is 10.3 Å². The summed E-state index contributed by atoms with van der Waals surface area (Å²) in [6.45, 7) is 1.29. The molecule has 1 aromatic rings. The normalized spacial score (nSPS) is 23.0. The molecule has 0 bridgehead atoms. The van der Waals surface area contributed by atoms with Gasteiger partial charge in [-0.05, 0) is 6.07 Å². The van der Waals surface area contributed by atoms with Gasteiger partial charge in [0.15, 0.2) is 5.88 Å². The van der Waals surface area contributed by atoms with Gasteiger partial charge >= 0.3 is 5.97 Å². The molecular weight excluding hydrogens is 336 g/mol. The standard InChI is InChI=1S/C14H14N4O5S/c1-7(19)17-15-5-8-6-24-13-10(16-9-3-2-4-23-9)12(20)18(13)11(8)14(21)22/h2-5,10,13,16H,6H2,1H3,(H,17,19)(H,21,22)/t10?,13-/m0/s1. The van der Waals surface area contributed by atoms with Gasteiger partial charge in [-0.1, -0.05) is 0 Å². The van der Waals surface area contributed by atoms with Crippen molar-refractivity contribution < 1.29 is 23.9 Å². The van der Waals surface area contributed by atoms with Crippen LogP contribution in [0.5, 0.6) is 0 Å². The molecule has 1 saturated heterocycles. The molecule has 0 radical (unpaired) electrons. The minimum Gasteiger partial charge on any atom is -0.477 e. The molecule has 126 valence electrons. The Kier molecular flexibility index (Phi) is 4.30. The fourth-order valence-corrected chi connectivity index (χ4v) is 3.75. The lowest BCUT2D eigenvalue weighted by Crippen LogP contribution is -2.67. The summed E-state index contributed by atoms with van der Waals surface area (Å²) in [5.74, 6) is -1.13. The Morgan fingerprint density at radius 1 is 1.54 bits per heavy atom. The molecule has 2 amide bonds. The van der Waals surface area contributed by atoms with Gasteiger partial charge in [0.2, 0.25) is 5.91 Å². The summed E-state index contributed by atoms with van der Waals surface area (Å²) < 4.78 is 5.16. The van der Waals surface area contributed by atoms with Gasteiger partial charge in [-0.3, -0.25) is 14.5 Å². The quantitative estimate of drug-likeness (QED) is 0.400. The zero-order valence-electron chi connectivity index (χ0n) is 12.6. The number of rotatable bonds is 5. The smallest absolute Gasteiger partial charge is 0.353 e. The molecule has 3 rings (SSSR count). The number of hydrazone groups is 1. The highest BCUT2D eigenvalue weighted by Crippen LogP contribution is 2.41. The minimum absolute atomic E-state index is 0.115. The molecule has 2 aliphatic heterocycles. The van der Waals surface area contributed by atoms with Crippen molar-refractivity contribution in [3.63, 3.8) is 0 Å². The van der Waals surface area contributed by atoms with Crippen LogP contribution in [-0.4, -0.2) is 51.2 Å². The van der Waals surface area contributed by atoms with Crippen LogP contribution in [0.2, 0.25) is 0 Å². The Hall–Kier alpha value is -2.75. The molecule has 9 nitrogen and oxygen atoms in total. The minimum atomic E-state index is -1.21. The van der Waals surface area contributed by atoms with E-state index >= 15 is 0 Å². The summed E-state index contributed by atoms with van der Waals surface area (Å²) in [6.07, 6.45) is 2.74. The van der Waals surface area contributed by atoms with Crippen LogP contribution in [0.15, 0.2) is 39.2 Å². The molecule has 1 fully saturated rings. The SMILES string of the molecule is CC(=O)NN=CC1=C(C(=O)O)N2C(=O)C(Nc3ccco3)[C@@H]2SC1. The summed E-state index contributed by atoms with van der Waals surface area (Å²) in [4.78, 5) is 36.0. The number of carboxylic acid groups (broad SMARTS) is 1. The van der Waals surface area contributed by atoms with Crippen molar-refractivity contribution in [2.45, 2.75) is 18.3 Å². The van der Waals surface area contributed by atoms with E-state index in [1.807, 2.05) is 0 Å². The molecule has 1 unspecified atom stereocenters. The van der Waals surface area contributed by atoms with Crippen molar-refractivity contribution in [1.29, 1.82) is 0 Å². The van der Waals surface area contributed by atoms with Crippen LogP contribution in [0.25, 0.3) is 0 Å². The van der Waals surface area contributed by atoms with Crippen LogP contribution in [-0.2, 0) is 14.4 Å². The van der Waals surface area contributed by atoms with E-state index < -0.39 is 12.0 Å². The number of amides is 2. The first kappa shape index (κ1) is 16.1. The monoisotopic (exact) mass is 350 g/mol. The molecule has 1 aromatic heterocycles. The van der Waals surface area contributed by atoms with Gasteiger partial charge < -0.3 is 14.8 Å². The first-order valence-corrected chi connectivity index (χ1v) is 8.04. The average Bonchev–Trinajstić information content (AvgIpc) is 3.04. The van der Waals surface area contributed by atoms with Crippen molar-refractivity contribution in [2.24, 2.45) is 5.10 Å². The maximum Gasteiger partial charge on any atom is 0.353 e. The van der Waals surface area contributed by atoms with Crippen molar-refractivity contribution in [3.8, 4) is 0 Å². The number of hydrogen-bond donors (Lipinski definition) is 3. The molecule has 10 heteroatoms. The Labute approximate surface area is 140 Å². The molecule has 0 spiro atoms. The Morgan fingerprint density at radius 3 is 2.96 bits per heavy atom. The van der Waals surface area contributed by atoms with Crippen LogP contribution in [0.1, 0.15) is 6.92 Å². The molecule has 0 aromatic carbocycles. The summed E-state index contributed by atoms with van der Waals surface area (Å²) in [7, 11) is 0. The van der Waals surface area contributed by atoms with E-state index in [0.717, 1.165) is 0 Å². The third-order valence-electron chi connectivity index (χ3n) is 3.46. The van der Waals surface area contributed by atoms with E-state index in [2.05, 4.69) is 15.8 Å². The lowest BCUT2D eigenvalue weighted by Gasteiger charge is -2.49. The number of anilines is 1. The zero-order valence-corrected chi connectivity index (χ0v) is 13.4. The number of nitrogens with one attached hydrogen (secondary N) is 2. The van der Waals surface area contributed by atoms with Gasteiger partial charge in [0.25, 0.3) is 5.91 Å². The van der Waals surface area contributed by atoms with E-state index in [9.17, 15) is 19.5 Å². The Morgan fingerprint density at radius 2 is 2.33 bits per heavy atom. The summed E-state index contributed by atoms with van der Waals surface area (Å²) in [6, 6.07) is 2.82. The summed E-state index contributed by atoms with van der Waals surface area (Å²) in [5, 5.41) is 15.8. The lowest BCUT2D eigenvalue weighted by molar-refractivity contribution is -0.147. The number of thioether (sulfide) groups is 1. The number of fused-ring (bicyclic) bond motifs is 1. The van der Waals surface area contributed by atoms with E-state index in [0.29, 0.717) is 17.2 Å². The van der Waals surface area contributed by atoms with Gasteiger partial charge in [0.1, 0.15) is 17.1 Å². The number of β-lactam (4-membered cyclic amide) rings is 1. The van der Waals surface area contributed by atoms with Crippen molar-refractivity contribution in [3.05, 3.63) is 29.7 Å². The molecule has 0 saturated carbocycles. The number of hydrogen-bond acceptors (Lipinski definition) is 7. The van der Waals surface area contributed by atoms with Gasteiger partial charge in [0, 0.05) is 24.3 Å². The van der Waals surface area contributed by atoms with Gasteiger partial charge in [-0.2, -0.15) is 5.10 Å². The first-order chi connectivity index (χ1) is 11.5. The highest BCUT2D eigenvalue weighted by molar-refractivity contribution is 8.00. The van der Waals surface area contributed by atoms with Crippen molar-refractivity contribution in [2.75, 3.05) is 11.1 Å². The predicted molar refractivity (Wildman–Crippen MR) is 86.2 cm³/mol. The third-order valence-corrected chi connectivity index (χ3v) is 4.76. The lowest BCUT2D eigenvalue weighted by atomic mass is 10.0. The predicted octanol–water partition coefficient (Wildman–Crippen LogP) is 0.436. The van der Waals surface area contributed by atoms with Crippen LogP contribution in [0.4, 0.5) is 5.88 Å². The van der Waals surface area contributed by atoms with E-state index in [4.69, 9.17) is 4.42 Å². The molecule has 2 aliphatic rings. The maximum absolute atomic E-state index is 12.4. The molecule has 0 aliphatic carbocycles. The maximum atomic E-state index is 12.4. The van der Waals surface area contributed by atoms with E-state index in [1.54, 1.807) is 12.1 Å².